The molecule has 0 radical (unpaired) electrons. The molecule has 1 saturated heterocycles. The molecule has 0 bridgehead atoms. The minimum Gasteiger partial charge on any atom is -0.347 e. The van der Waals surface area contributed by atoms with Crippen molar-refractivity contribution >= 4 is 21.7 Å². The van der Waals surface area contributed by atoms with Crippen molar-refractivity contribution in [3.05, 3.63) is 59.7 Å². The fraction of sp³-hybridized carbons (Fsp3) is 0.333. The summed E-state index contributed by atoms with van der Waals surface area (Å²) in [5, 5.41) is 2.73. The predicted molar refractivity (Wildman–Crippen MR) is 98.8 cm³/mol. The fourth-order valence-corrected chi connectivity index (χ4v) is 4.66. The van der Waals surface area contributed by atoms with Crippen LogP contribution in [0, 0.1) is 0 Å². The van der Waals surface area contributed by atoms with E-state index in [0.717, 1.165) is 5.56 Å². The largest absolute Gasteiger partial charge is 0.347 e. The molecular weight excluding hydrogens is 368 g/mol. The quantitative estimate of drug-likeness (QED) is 0.806. The van der Waals surface area contributed by atoms with Crippen molar-refractivity contribution in [1.29, 1.82) is 0 Å². The standard InChI is InChI=1S/C18H20N4O4S/c1-22(14-7-9-27(25,26)12-14)18(24)16-6-2-5-15(21-16)17(23)20-11-13-4-3-8-19-10-13/h2-6,8,10,14H,7,9,11-12H2,1H3,(H,20,23). The molecule has 1 N–H and O–H groups in total. The Morgan fingerprint density at radius 3 is 2.67 bits per heavy atom. The zero-order valence-corrected chi connectivity index (χ0v) is 15.6. The lowest BCUT2D eigenvalue weighted by Crippen LogP contribution is -2.38. The first-order valence-electron chi connectivity index (χ1n) is 8.47. The lowest BCUT2D eigenvalue weighted by molar-refractivity contribution is 0.0741. The van der Waals surface area contributed by atoms with Gasteiger partial charge < -0.3 is 10.2 Å². The van der Waals surface area contributed by atoms with Crippen molar-refractivity contribution in [3.63, 3.8) is 0 Å². The topological polar surface area (TPSA) is 109 Å². The van der Waals surface area contributed by atoms with Gasteiger partial charge in [0.05, 0.1) is 11.5 Å². The molecule has 1 unspecified atom stereocenters. The molecule has 0 aromatic carbocycles. The van der Waals surface area contributed by atoms with E-state index >= 15 is 0 Å². The van der Waals surface area contributed by atoms with Crippen LogP contribution in [-0.2, 0) is 16.4 Å². The molecule has 0 spiro atoms. The molecule has 27 heavy (non-hydrogen) atoms. The van der Waals surface area contributed by atoms with Crippen LogP contribution in [0.25, 0.3) is 0 Å². The van der Waals surface area contributed by atoms with Gasteiger partial charge in [0, 0.05) is 32.0 Å². The van der Waals surface area contributed by atoms with Gasteiger partial charge in [-0.15, -0.1) is 0 Å². The van der Waals surface area contributed by atoms with Crippen LogP contribution in [0.4, 0.5) is 0 Å². The lowest BCUT2D eigenvalue weighted by atomic mass is 10.2. The molecule has 3 rings (SSSR count). The van der Waals surface area contributed by atoms with Gasteiger partial charge in [-0.3, -0.25) is 14.6 Å². The van der Waals surface area contributed by atoms with E-state index in [4.69, 9.17) is 0 Å². The van der Waals surface area contributed by atoms with E-state index in [2.05, 4.69) is 15.3 Å². The smallest absolute Gasteiger partial charge is 0.272 e. The Kier molecular flexibility index (Phi) is 5.50. The summed E-state index contributed by atoms with van der Waals surface area (Å²) < 4.78 is 23.3. The number of hydrogen-bond donors (Lipinski definition) is 1. The third kappa shape index (κ3) is 4.68. The molecule has 2 aromatic rings. The van der Waals surface area contributed by atoms with Crippen LogP contribution in [0.1, 0.15) is 33.0 Å². The molecule has 142 valence electrons. The highest BCUT2D eigenvalue weighted by molar-refractivity contribution is 7.91. The summed E-state index contributed by atoms with van der Waals surface area (Å²) in [6.45, 7) is 0.298. The highest BCUT2D eigenvalue weighted by atomic mass is 32.2. The van der Waals surface area contributed by atoms with Crippen molar-refractivity contribution in [2.75, 3.05) is 18.6 Å². The van der Waals surface area contributed by atoms with Gasteiger partial charge in [0.25, 0.3) is 11.8 Å². The number of nitrogens with zero attached hydrogens (tertiary/aromatic N) is 3. The maximum Gasteiger partial charge on any atom is 0.272 e. The summed E-state index contributed by atoms with van der Waals surface area (Å²) in [6, 6.07) is 7.87. The Labute approximate surface area is 157 Å². The van der Waals surface area contributed by atoms with Gasteiger partial charge >= 0.3 is 0 Å². The van der Waals surface area contributed by atoms with Crippen molar-refractivity contribution in [2.24, 2.45) is 0 Å². The van der Waals surface area contributed by atoms with E-state index in [1.807, 2.05) is 6.07 Å². The van der Waals surface area contributed by atoms with Crippen LogP contribution < -0.4 is 5.32 Å². The zero-order chi connectivity index (χ0) is 19.4. The molecule has 2 aromatic heterocycles. The fourth-order valence-electron chi connectivity index (χ4n) is 2.88. The molecule has 2 amide bonds. The van der Waals surface area contributed by atoms with Gasteiger partial charge in [-0.05, 0) is 30.2 Å². The number of amides is 2. The average molecular weight is 388 g/mol. The first kappa shape index (κ1) is 19.0. The van der Waals surface area contributed by atoms with Crippen LogP contribution in [0.3, 0.4) is 0 Å². The molecule has 1 aliphatic heterocycles. The minimum atomic E-state index is -3.10. The predicted octanol–water partition coefficient (Wildman–Crippen LogP) is 0.666. The summed E-state index contributed by atoms with van der Waals surface area (Å²) in [6.07, 6.45) is 3.71. The van der Waals surface area contributed by atoms with Gasteiger partial charge in [0.2, 0.25) is 0 Å². The molecular formula is C18H20N4O4S. The third-order valence-electron chi connectivity index (χ3n) is 4.45. The van der Waals surface area contributed by atoms with Crippen LogP contribution in [-0.4, -0.2) is 59.7 Å². The summed E-state index contributed by atoms with van der Waals surface area (Å²) in [5.74, 6) is -0.765. The normalized spacial score (nSPS) is 18.0. The van der Waals surface area contributed by atoms with Crippen LogP contribution in [0.5, 0.6) is 0 Å². The zero-order valence-electron chi connectivity index (χ0n) is 14.8. The number of sulfone groups is 1. The summed E-state index contributed by atoms with van der Waals surface area (Å²) >= 11 is 0. The van der Waals surface area contributed by atoms with Crippen molar-refractivity contribution in [3.8, 4) is 0 Å². The Bertz CT molecular complexity index is 947. The van der Waals surface area contributed by atoms with Crippen molar-refractivity contribution < 1.29 is 18.0 Å². The van der Waals surface area contributed by atoms with Crippen molar-refractivity contribution in [2.45, 2.75) is 19.0 Å². The molecule has 0 aliphatic carbocycles. The minimum absolute atomic E-state index is 0.0411. The third-order valence-corrected chi connectivity index (χ3v) is 6.20. The molecule has 1 fully saturated rings. The highest BCUT2D eigenvalue weighted by Crippen LogP contribution is 2.18. The maximum atomic E-state index is 12.6. The second-order valence-electron chi connectivity index (χ2n) is 6.42. The maximum absolute atomic E-state index is 12.6. The Morgan fingerprint density at radius 2 is 2.00 bits per heavy atom. The molecule has 8 nitrogen and oxygen atoms in total. The number of rotatable bonds is 5. The Morgan fingerprint density at radius 1 is 1.22 bits per heavy atom. The molecule has 1 atom stereocenters. The number of aromatic nitrogens is 2. The van der Waals surface area contributed by atoms with E-state index in [0.29, 0.717) is 13.0 Å². The Balaban J connectivity index is 1.67. The van der Waals surface area contributed by atoms with Crippen LogP contribution in [0.2, 0.25) is 0 Å². The summed E-state index contributed by atoms with van der Waals surface area (Å²) in [7, 11) is -1.53. The monoisotopic (exact) mass is 388 g/mol. The number of hydrogen-bond acceptors (Lipinski definition) is 6. The first-order chi connectivity index (χ1) is 12.9. The lowest BCUT2D eigenvalue weighted by Gasteiger charge is -2.23. The van der Waals surface area contributed by atoms with Gasteiger partial charge in [-0.2, -0.15) is 0 Å². The van der Waals surface area contributed by atoms with E-state index in [9.17, 15) is 18.0 Å². The van der Waals surface area contributed by atoms with E-state index in [1.54, 1.807) is 31.6 Å². The van der Waals surface area contributed by atoms with Crippen LogP contribution >= 0.6 is 0 Å². The number of nitrogens with one attached hydrogen (secondary N) is 1. The molecule has 0 saturated carbocycles. The van der Waals surface area contributed by atoms with Crippen molar-refractivity contribution in [1.82, 2.24) is 20.2 Å². The Hall–Kier alpha value is -2.81. The number of pyridine rings is 2. The average Bonchev–Trinajstić information content (AvgIpc) is 3.05. The summed E-state index contributed by atoms with van der Waals surface area (Å²) in [5.41, 5.74) is 1.08. The highest BCUT2D eigenvalue weighted by Gasteiger charge is 2.33. The van der Waals surface area contributed by atoms with E-state index in [-0.39, 0.29) is 28.9 Å². The van der Waals surface area contributed by atoms with Gasteiger partial charge in [-0.1, -0.05) is 12.1 Å². The van der Waals surface area contributed by atoms with E-state index < -0.39 is 21.7 Å². The second-order valence-corrected chi connectivity index (χ2v) is 8.65. The SMILES string of the molecule is CN(C(=O)c1cccc(C(=O)NCc2cccnc2)n1)C1CCS(=O)(=O)C1. The molecule has 1 aliphatic rings. The van der Waals surface area contributed by atoms with Gasteiger partial charge in [0.1, 0.15) is 11.4 Å². The number of carbonyl (C=O) groups is 2. The number of carbonyl (C=O) groups excluding carboxylic acids is 2. The van der Waals surface area contributed by atoms with Gasteiger partial charge in [0.15, 0.2) is 9.84 Å². The van der Waals surface area contributed by atoms with Crippen LogP contribution in [0.15, 0.2) is 42.7 Å². The summed E-state index contributed by atoms with van der Waals surface area (Å²) in [4.78, 5) is 34.4. The molecule has 9 heteroatoms. The first-order valence-corrected chi connectivity index (χ1v) is 10.3. The van der Waals surface area contributed by atoms with E-state index in [1.165, 1.54) is 17.0 Å². The van der Waals surface area contributed by atoms with Gasteiger partial charge in [-0.25, -0.2) is 13.4 Å². The second kappa shape index (κ2) is 7.83. The molecule has 3 heterocycles.